The van der Waals surface area contributed by atoms with E-state index in [4.69, 9.17) is 4.74 Å². The van der Waals surface area contributed by atoms with E-state index in [9.17, 15) is 4.79 Å². The van der Waals surface area contributed by atoms with Gasteiger partial charge >= 0.3 is 0 Å². The topological polar surface area (TPSA) is 54.3 Å². The average molecular weight is 424 g/mol. The Labute approximate surface area is 183 Å². The number of rotatable bonds is 8. The normalized spacial score (nSPS) is 18.0. The molecular weight excluding hydrogens is 394 g/mol. The molecule has 2 aromatic carbocycles. The summed E-state index contributed by atoms with van der Waals surface area (Å²) in [6.07, 6.45) is 4.72. The lowest BCUT2D eigenvalue weighted by Crippen LogP contribution is -2.31. The zero-order valence-electron chi connectivity index (χ0n) is 18.1. The highest BCUT2D eigenvalue weighted by Crippen LogP contribution is 2.32. The molecule has 0 spiro atoms. The molecule has 0 aliphatic carbocycles. The third-order valence-electron chi connectivity index (χ3n) is 5.11. The second kappa shape index (κ2) is 10.4. The van der Waals surface area contributed by atoms with Gasteiger partial charge in [-0.2, -0.15) is 5.10 Å². The quantitative estimate of drug-likeness (QED) is 0.426. The van der Waals surface area contributed by atoms with Crippen LogP contribution in [0.3, 0.4) is 0 Å². The van der Waals surface area contributed by atoms with Gasteiger partial charge in [0.15, 0.2) is 5.17 Å². The standard InChI is InChI=1S/C24H29N3O2S/c1-5-6-7-22-23(28)27(16-19-9-12-21(29-4)13-10-19)24(30-22)26-25-15-20-11-8-17(2)14-18(20)3/h8-15,22H,5-7,16H2,1-4H3. The van der Waals surface area contributed by atoms with Gasteiger partial charge in [-0.05, 0) is 49.1 Å². The Kier molecular flexibility index (Phi) is 7.69. The summed E-state index contributed by atoms with van der Waals surface area (Å²) in [6.45, 7) is 6.76. The molecule has 1 aliphatic heterocycles. The molecular formula is C24H29N3O2S. The van der Waals surface area contributed by atoms with Crippen LogP contribution in [0.25, 0.3) is 0 Å². The summed E-state index contributed by atoms with van der Waals surface area (Å²) in [7, 11) is 1.65. The number of unbranched alkanes of at least 4 members (excludes halogenated alkanes) is 1. The third kappa shape index (κ3) is 5.51. The van der Waals surface area contributed by atoms with Crippen LogP contribution >= 0.6 is 11.8 Å². The first-order chi connectivity index (χ1) is 14.5. The smallest absolute Gasteiger partial charge is 0.242 e. The molecule has 0 bridgehead atoms. The van der Waals surface area contributed by atoms with Gasteiger partial charge in [-0.15, -0.1) is 5.10 Å². The predicted molar refractivity (Wildman–Crippen MR) is 125 cm³/mol. The van der Waals surface area contributed by atoms with Crippen molar-refractivity contribution in [2.24, 2.45) is 10.2 Å². The lowest BCUT2D eigenvalue weighted by atomic mass is 10.1. The summed E-state index contributed by atoms with van der Waals surface area (Å²) in [5, 5.41) is 9.32. The maximum Gasteiger partial charge on any atom is 0.242 e. The molecule has 1 unspecified atom stereocenters. The number of aryl methyl sites for hydroxylation is 2. The number of amides is 1. The number of hydrogen-bond acceptors (Lipinski definition) is 5. The Morgan fingerprint density at radius 2 is 1.93 bits per heavy atom. The lowest BCUT2D eigenvalue weighted by Gasteiger charge is -2.16. The Balaban J connectivity index is 1.81. The number of benzene rings is 2. The maximum atomic E-state index is 13.0. The predicted octanol–water partition coefficient (Wildman–Crippen LogP) is 5.34. The summed E-state index contributed by atoms with van der Waals surface area (Å²) in [6, 6.07) is 14.0. The van der Waals surface area contributed by atoms with Crippen LogP contribution < -0.4 is 4.74 Å². The Morgan fingerprint density at radius 3 is 2.60 bits per heavy atom. The van der Waals surface area contributed by atoms with Gasteiger partial charge in [0.05, 0.1) is 25.1 Å². The fourth-order valence-electron chi connectivity index (χ4n) is 3.33. The van der Waals surface area contributed by atoms with Crippen LogP contribution in [0.4, 0.5) is 0 Å². The summed E-state index contributed by atoms with van der Waals surface area (Å²) in [5.41, 5.74) is 4.44. The minimum absolute atomic E-state index is 0.0849. The van der Waals surface area contributed by atoms with E-state index >= 15 is 0 Å². The van der Waals surface area contributed by atoms with Crippen molar-refractivity contribution >= 4 is 29.1 Å². The van der Waals surface area contributed by atoms with Crippen molar-refractivity contribution in [3.8, 4) is 5.75 Å². The molecule has 1 saturated heterocycles. The molecule has 5 nitrogen and oxygen atoms in total. The molecule has 158 valence electrons. The minimum atomic E-state index is -0.0849. The zero-order valence-corrected chi connectivity index (χ0v) is 18.9. The number of amidine groups is 1. The monoisotopic (exact) mass is 423 g/mol. The van der Waals surface area contributed by atoms with Crippen LogP contribution in [-0.4, -0.2) is 34.5 Å². The van der Waals surface area contributed by atoms with E-state index in [1.54, 1.807) is 18.2 Å². The first kappa shape index (κ1) is 22.1. The highest BCUT2D eigenvalue weighted by Gasteiger charge is 2.37. The van der Waals surface area contributed by atoms with Crippen molar-refractivity contribution in [2.45, 2.75) is 51.8 Å². The van der Waals surface area contributed by atoms with Crippen LogP contribution in [0, 0.1) is 13.8 Å². The van der Waals surface area contributed by atoms with Crippen LogP contribution in [-0.2, 0) is 11.3 Å². The van der Waals surface area contributed by atoms with Crippen molar-refractivity contribution < 1.29 is 9.53 Å². The van der Waals surface area contributed by atoms with Gasteiger partial charge in [-0.3, -0.25) is 9.69 Å². The van der Waals surface area contributed by atoms with E-state index < -0.39 is 0 Å². The van der Waals surface area contributed by atoms with Crippen LogP contribution in [0.2, 0.25) is 0 Å². The van der Waals surface area contributed by atoms with Gasteiger partial charge in [0.2, 0.25) is 5.91 Å². The number of carbonyl (C=O) groups excluding carboxylic acids is 1. The number of methoxy groups -OCH3 is 1. The van der Waals surface area contributed by atoms with Crippen molar-refractivity contribution in [3.05, 3.63) is 64.7 Å². The molecule has 6 heteroatoms. The van der Waals surface area contributed by atoms with E-state index in [1.165, 1.54) is 17.3 Å². The van der Waals surface area contributed by atoms with Gasteiger partial charge in [-0.25, -0.2) is 0 Å². The van der Waals surface area contributed by atoms with Crippen molar-refractivity contribution in [1.82, 2.24) is 4.90 Å². The highest BCUT2D eigenvalue weighted by atomic mass is 32.2. The van der Waals surface area contributed by atoms with Crippen LogP contribution in [0.5, 0.6) is 5.75 Å². The lowest BCUT2D eigenvalue weighted by molar-refractivity contribution is -0.126. The molecule has 1 amide bonds. The summed E-state index contributed by atoms with van der Waals surface area (Å²) in [4.78, 5) is 14.8. The molecule has 0 aromatic heterocycles. The van der Waals surface area contributed by atoms with Crippen molar-refractivity contribution in [2.75, 3.05) is 7.11 Å². The maximum absolute atomic E-state index is 13.0. The second-order valence-corrected chi connectivity index (χ2v) is 8.68. The molecule has 3 rings (SSSR count). The van der Waals surface area contributed by atoms with Crippen molar-refractivity contribution in [1.29, 1.82) is 0 Å². The fourth-order valence-corrected chi connectivity index (χ4v) is 4.47. The molecule has 30 heavy (non-hydrogen) atoms. The Morgan fingerprint density at radius 1 is 1.17 bits per heavy atom. The zero-order chi connectivity index (χ0) is 21.5. The van der Waals surface area contributed by atoms with Gasteiger partial charge in [0, 0.05) is 0 Å². The first-order valence-electron chi connectivity index (χ1n) is 10.3. The SMILES string of the molecule is CCCCC1SC(=NN=Cc2ccc(C)cc2C)N(Cc2ccc(OC)cc2)C1=O. The number of hydrogen-bond donors (Lipinski definition) is 0. The second-order valence-electron chi connectivity index (χ2n) is 7.51. The molecule has 2 aromatic rings. The molecule has 0 saturated carbocycles. The largest absolute Gasteiger partial charge is 0.497 e. The first-order valence-corrected chi connectivity index (χ1v) is 11.2. The molecule has 1 heterocycles. The molecule has 0 radical (unpaired) electrons. The number of thioether (sulfide) groups is 1. The Hall–Kier alpha value is -2.60. The number of ether oxygens (including phenoxy) is 1. The Bertz CT molecular complexity index is 938. The molecule has 1 fully saturated rings. The van der Waals surface area contributed by atoms with E-state index in [-0.39, 0.29) is 11.2 Å². The summed E-state index contributed by atoms with van der Waals surface area (Å²) in [5.74, 6) is 0.915. The van der Waals surface area contributed by atoms with Gasteiger partial charge in [0.1, 0.15) is 5.75 Å². The van der Waals surface area contributed by atoms with Crippen LogP contribution in [0.15, 0.2) is 52.7 Å². The summed E-state index contributed by atoms with van der Waals surface area (Å²) >= 11 is 1.52. The fraction of sp³-hybridized carbons (Fsp3) is 0.375. The van der Waals surface area contributed by atoms with Crippen molar-refractivity contribution in [3.63, 3.8) is 0 Å². The van der Waals surface area contributed by atoms with E-state index in [0.717, 1.165) is 41.7 Å². The van der Waals surface area contributed by atoms with E-state index in [2.05, 4.69) is 43.1 Å². The molecule has 1 atom stereocenters. The van der Waals surface area contributed by atoms with E-state index in [0.29, 0.717) is 11.7 Å². The van der Waals surface area contributed by atoms with E-state index in [1.807, 2.05) is 30.3 Å². The van der Waals surface area contributed by atoms with Crippen LogP contribution in [0.1, 0.15) is 48.4 Å². The number of carbonyl (C=O) groups is 1. The molecule has 0 N–H and O–H groups in total. The highest BCUT2D eigenvalue weighted by molar-refractivity contribution is 8.15. The van der Waals surface area contributed by atoms with Gasteiger partial charge in [-0.1, -0.05) is 67.4 Å². The average Bonchev–Trinajstić information content (AvgIpc) is 3.03. The number of nitrogens with zero attached hydrogens (tertiary/aromatic N) is 3. The third-order valence-corrected chi connectivity index (χ3v) is 6.34. The summed E-state index contributed by atoms with van der Waals surface area (Å²) < 4.78 is 5.23. The minimum Gasteiger partial charge on any atom is -0.497 e. The van der Waals surface area contributed by atoms with Gasteiger partial charge in [0.25, 0.3) is 0 Å². The van der Waals surface area contributed by atoms with Gasteiger partial charge < -0.3 is 4.74 Å². The molecule has 1 aliphatic rings.